The molecule has 0 aliphatic rings. The third-order valence-corrected chi connectivity index (χ3v) is 4.96. The second kappa shape index (κ2) is 8.04. The SMILES string of the molecule is CCCCc1ccc(NC(=O)c2c(CC)nc3c(C)cc(Br)cn23)cc1. The summed E-state index contributed by atoms with van der Waals surface area (Å²) in [4.78, 5) is 17.6. The molecule has 0 spiro atoms. The van der Waals surface area contributed by atoms with E-state index in [9.17, 15) is 4.79 Å². The van der Waals surface area contributed by atoms with Crippen molar-refractivity contribution in [1.82, 2.24) is 9.38 Å². The number of pyridine rings is 1. The summed E-state index contributed by atoms with van der Waals surface area (Å²) >= 11 is 3.51. The Kier molecular flexibility index (Phi) is 5.77. The predicted octanol–water partition coefficient (Wildman–Crippen LogP) is 5.56. The first-order chi connectivity index (χ1) is 12.5. The lowest BCUT2D eigenvalue weighted by Crippen LogP contribution is -2.16. The molecule has 1 amide bonds. The van der Waals surface area contributed by atoms with Gasteiger partial charge in [-0.15, -0.1) is 0 Å². The van der Waals surface area contributed by atoms with Gasteiger partial charge in [0, 0.05) is 16.4 Å². The molecule has 136 valence electrons. The zero-order valence-electron chi connectivity index (χ0n) is 15.5. The van der Waals surface area contributed by atoms with Crippen molar-refractivity contribution in [2.75, 3.05) is 5.32 Å². The van der Waals surface area contributed by atoms with Gasteiger partial charge < -0.3 is 5.32 Å². The number of rotatable bonds is 6. The number of hydrogen-bond acceptors (Lipinski definition) is 2. The van der Waals surface area contributed by atoms with Crippen LogP contribution in [0.15, 0.2) is 41.0 Å². The van der Waals surface area contributed by atoms with Crippen LogP contribution in [0.2, 0.25) is 0 Å². The van der Waals surface area contributed by atoms with Gasteiger partial charge in [0.05, 0.1) is 5.69 Å². The van der Waals surface area contributed by atoms with Crippen LogP contribution in [-0.2, 0) is 12.8 Å². The molecule has 0 saturated carbocycles. The fraction of sp³-hybridized carbons (Fsp3) is 0.333. The van der Waals surface area contributed by atoms with Crippen LogP contribution in [0.3, 0.4) is 0 Å². The zero-order valence-corrected chi connectivity index (χ0v) is 17.1. The summed E-state index contributed by atoms with van der Waals surface area (Å²) in [6.07, 6.45) is 6.04. The lowest BCUT2D eigenvalue weighted by Gasteiger charge is -2.08. The molecule has 0 aliphatic heterocycles. The number of imidazole rings is 1. The van der Waals surface area contributed by atoms with E-state index in [0.717, 1.165) is 33.5 Å². The van der Waals surface area contributed by atoms with Gasteiger partial charge in [0.2, 0.25) is 0 Å². The summed E-state index contributed by atoms with van der Waals surface area (Å²) in [5.41, 5.74) is 5.37. The maximum absolute atomic E-state index is 13.0. The quantitative estimate of drug-likeness (QED) is 0.574. The van der Waals surface area contributed by atoms with Gasteiger partial charge in [-0.05, 0) is 71.4 Å². The van der Waals surface area contributed by atoms with Crippen molar-refractivity contribution in [3.8, 4) is 0 Å². The first-order valence-electron chi connectivity index (χ1n) is 9.10. The van der Waals surface area contributed by atoms with Crippen LogP contribution >= 0.6 is 15.9 Å². The predicted molar refractivity (Wildman–Crippen MR) is 110 cm³/mol. The van der Waals surface area contributed by atoms with Gasteiger partial charge in [-0.25, -0.2) is 4.98 Å². The van der Waals surface area contributed by atoms with Gasteiger partial charge in [-0.2, -0.15) is 0 Å². The number of anilines is 1. The largest absolute Gasteiger partial charge is 0.321 e. The maximum Gasteiger partial charge on any atom is 0.274 e. The molecular weight excluding hydrogens is 390 g/mol. The third kappa shape index (κ3) is 3.83. The molecule has 1 aromatic carbocycles. The van der Waals surface area contributed by atoms with Crippen LogP contribution in [0, 0.1) is 6.92 Å². The van der Waals surface area contributed by atoms with E-state index in [1.54, 1.807) is 0 Å². The monoisotopic (exact) mass is 413 g/mol. The Balaban J connectivity index is 1.90. The Labute approximate surface area is 162 Å². The average Bonchev–Trinajstić information content (AvgIpc) is 3.00. The Morgan fingerprint density at radius 1 is 1.23 bits per heavy atom. The molecular formula is C21H24BrN3O. The van der Waals surface area contributed by atoms with E-state index in [2.05, 4.69) is 45.3 Å². The normalized spacial score (nSPS) is 11.1. The number of aromatic nitrogens is 2. The number of carbonyl (C=O) groups is 1. The highest BCUT2D eigenvalue weighted by atomic mass is 79.9. The molecule has 0 saturated heterocycles. The van der Waals surface area contributed by atoms with Crippen LogP contribution < -0.4 is 5.32 Å². The summed E-state index contributed by atoms with van der Waals surface area (Å²) < 4.78 is 2.81. The smallest absolute Gasteiger partial charge is 0.274 e. The Morgan fingerprint density at radius 2 is 1.96 bits per heavy atom. The second-order valence-corrected chi connectivity index (χ2v) is 7.47. The first kappa shape index (κ1) is 18.6. The molecule has 0 fully saturated rings. The molecule has 0 radical (unpaired) electrons. The van der Waals surface area contributed by atoms with E-state index in [1.807, 2.05) is 42.6 Å². The van der Waals surface area contributed by atoms with E-state index in [1.165, 1.54) is 18.4 Å². The van der Waals surface area contributed by atoms with Gasteiger partial charge in [-0.1, -0.05) is 32.4 Å². The van der Waals surface area contributed by atoms with Crippen molar-refractivity contribution in [3.05, 3.63) is 63.5 Å². The van der Waals surface area contributed by atoms with Crippen molar-refractivity contribution < 1.29 is 4.79 Å². The molecule has 1 N–H and O–H groups in total. The number of benzene rings is 1. The van der Waals surface area contributed by atoms with Crippen LogP contribution in [0.1, 0.15) is 54.0 Å². The van der Waals surface area contributed by atoms with Crippen molar-refractivity contribution in [2.24, 2.45) is 0 Å². The van der Waals surface area contributed by atoms with E-state index in [4.69, 9.17) is 0 Å². The lowest BCUT2D eigenvalue weighted by atomic mass is 10.1. The van der Waals surface area contributed by atoms with E-state index < -0.39 is 0 Å². The van der Waals surface area contributed by atoms with Crippen molar-refractivity contribution in [2.45, 2.75) is 46.5 Å². The fourth-order valence-corrected chi connectivity index (χ4v) is 3.68. The highest BCUT2D eigenvalue weighted by Gasteiger charge is 2.19. The summed E-state index contributed by atoms with van der Waals surface area (Å²) in [5, 5.41) is 3.02. The summed E-state index contributed by atoms with van der Waals surface area (Å²) in [5.74, 6) is -0.131. The highest BCUT2D eigenvalue weighted by Crippen LogP contribution is 2.22. The average molecular weight is 414 g/mol. The Morgan fingerprint density at radius 3 is 2.62 bits per heavy atom. The van der Waals surface area contributed by atoms with Crippen LogP contribution in [0.25, 0.3) is 5.65 Å². The number of unbranched alkanes of at least 4 members (excludes halogenated alkanes) is 1. The number of aryl methyl sites for hydroxylation is 3. The molecule has 0 atom stereocenters. The van der Waals surface area contributed by atoms with Gasteiger partial charge in [0.25, 0.3) is 5.91 Å². The number of hydrogen-bond donors (Lipinski definition) is 1. The summed E-state index contributed by atoms with van der Waals surface area (Å²) in [6.45, 7) is 6.21. The van der Waals surface area contributed by atoms with E-state index >= 15 is 0 Å². The minimum atomic E-state index is -0.131. The maximum atomic E-state index is 13.0. The number of carbonyl (C=O) groups excluding carboxylic acids is 1. The Hall–Kier alpha value is -2.14. The minimum Gasteiger partial charge on any atom is -0.321 e. The molecule has 2 heterocycles. The number of nitrogens with zero attached hydrogens (tertiary/aromatic N) is 2. The zero-order chi connectivity index (χ0) is 18.7. The molecule has 4 nitrogen and oxygen atoms in total. The Bertz CT molecular complexity index is 929. The van der Waals surface area contributed by atoms with Crippen molar-refractivity contribution in [1.29, 1.82) is 0 Å². The van der Waals surface area contributed by atoms with Crippen LogP contribution in [0.4, 0.5) is 5.69 Å². The van der Waals surface area contributed by atoms with Crippen LogP contribution in [0.5, 0.6) is 0 Å². The molecule has 3 aromatic rings. The lowest BCUT2D eigenvalue weighted by molar-refractivity contribution is 0.102. The molecule has 0 aliphatic carbocycles. The number of fused-ring (bicyclic) bond motifs is 1. The standard InChI is InChI=1S/C21H24BrN3O/c1-4-6-7-15-8-10-17(11-9-15)23-21(26)19-18(5-2)24-20-14(3)12-16(22)13-25(19)20/h8-13H,4-7H2,1-3H3,(H,23,26). The van der Waals surface area contributed by atoms with Gasteiger partial charge in [-0.3, -0.25) is 9.20 Å². The molecule has 26 heavy (non-hydrogen) atoms. The molecule has 2 aromatic heterocycles. The van der Waals surface area contributed by atoms with Gasteiger partial charge in [0.1, 0.15) is 11.3 Å². The summed E-state index contributed by atoms with van der Waals surface area (Å²) in [7, 11) is 0. The van der Waals surface area contributed by atoms with E-state index in [0.29, 0.717) is 12.1 Å². The van der Waals surface area contributed by atoms with Gasteiger partial charge >= 0.3 is 0 Å². The first-order valence-corrected chi connectivity index (χ1v) is 9.90. The number of amides is 1. The molecule has 3 rings (SSSR count). The second-order valence-electron chi connectivity index (χ2n) is 6.55. The molecule has 0 unspecified atom stereocenters. The molecule has 5 heteroatoms. The number of halogens is 1. The van der Waals surface area contributed by atoms with Crippen molar-refractivity contribution >= 4 is 33.2 Å². The number of nitrogens with one attached hydrogen (secondary N) is 1. The van der Waals surface area contributed by atoms with E-state index in [-0.39, 0.29) is 5.91 Å². The fourth-order valence-electron chi connectivity index (χ4n) is 3.13. The topological polar surface area (TPSA) is 46.4 Å². The third-order valence-electron chi connectivity index (χ3n) is 4.52. The highest BCUT2D eigenvalue weighted by molar-refractivity contribution is 9.10. The van der Waals surface area contributed by atoms with Gasteiger partial charge in [0.15, 0.2) is 0 Å². The van der Waals surface area contributed by atoms with Crippen molar-refractivity contribution in [3.63, 3.8) is 0 Å². The minimum absolute atomic E-state index is 0.131. The summed E-state index contributed by atoms with van der Waals surface area (Å²) in [6, 6.07) is 10.1. The van der Waals surface area contributed by atoms with Crippen LogP contribution in [-0.4, -0.2) is 15.3 Å². The molecule has 0 bridgehead atoms.